The van der Waals surface area contributed by atoms with Crippen molar-refractivity contribution in [3.05, 3.63) is 57.8 Å². The van der Waals surface area contributed by atoms with E-state index in [0.717, 1.165) is 36.3 Å². The Labute approximate surface area is 215 Å². The summed E-state index contributed by atoms with van der Waals surface area (Å²) in [5.41, 5.74) is 3.65. The topological polar surface area (TPSA) is 63.0 Å². The lowest BCUT2D eigenvalue weighted by Crippen LogP contribution is -2.46. The fraction of sp³-hybridized carbons (Fsp3) is 0.519. The van der Waals surface area contributed by atoms with Crippen molar-refractivity contribution < 1.29 is 13.9 Å². The smallest absolute Gasteiger partial charge is 0.258 e. The number of aryl methyl sites for hydroxylation is 1. The summed E-state index contributed by atoms with van der Waals surface area (Å²) in [5.74, 6) is -0.245. The third-order valence-corrected chi connectivity index (χ3v) is 8.43. The Bertz CT molecular complexity index is 1310. The van der Waals surface area contributed by atoms with Gasteiger partial charge in [-0.1, -0.05) is 24.9 Å². The van der Waals surface area contributed by atoms with Crippen molar-refractivity contribution in [3.63, 3.8) is 0 Å². The summed E-state index contributed by atoms with van der Waals surface area (Å²) in [7, 11) is 0. The molecule has 2 saturated heterocycles. The lowest BCUT2D eigenvalue weighted by molar-refractivity contribution is 0.0471. The molecule has 5 heterocycles. The SMILES string of the molecule is CCCCN1[C@@H]2CC[C@H]1CC(Oc1cc(F)ccc1C(=O)N1Cc3nn4c(C)c(Cl)cnc4c3C1)C2. The van der Waals surface area contributed by atoms with Gasteiger partial charge in [0.2, 0.25) is 0 Å². The first-order valence-electron chi connectivity index (χ1n) is 13.0. The molecule has 6 rings (SSSR count). The number of rotatable bonds is 6. The molecule has 1 unspecified atom stereocenters. The number of piperidine rings is 1. The van der Waals surface area contributed by atoms with Gasteiger partial charge in [-0.15, -0.1) is 0 Å². The van der Waals surface area contributed by atoms with E-state index in [1.54, 1.807) is 21.7 Å². The number of fused-ring (bicyclic) bond motifs is 5. The number of carbonyl (C=O) groups is 1. The maximum atomic E-state index is 14.3. The predicted octanol–water partition coefficient (Wildman–Crippen LogP) is 5.16. The number of ether oxygens (including phenoxy) is 1. The van der Waals surface area contributed by atoms with Crippen LogP contribution in [0.2, 0.25) is 5.02 Å². The molecular formula is C27H31ClFN5O2. The average molecular weight is 512 g/mol. The van der Waals surface area contributed by atoms with Crippen LogP contribution in [0.15, 0.2) is 24.4 Å². The van der Waals surface area contributed by atoms with Gasteiger partial charge < -0.3 is 9.64 Å². The molecule has 0 saturated carbocycles. The van der Waals surface area contributed by atoms with Crippen LogP contribution >= 0.6 is 11.6 Å². The van der Waals surface area contributed by atoms with Crippen LogP contribution in [0, 0.1) is 12.7 Å². The van der Waals surface area contributed by atoms with Gasteiger partial charge in [-0.2, -0.15) is 5.10 Å². The number of amides is 1. The van der Waals surface area contributed by atoms with E-state index in [4.69, 9.17) is 16.3 Å². The van der Waals surface area contributed by atoms with E-state index in [2.05, 4.69) is 21.9 Å². The summed E-state index contributed by atoms with van der Waals surface area (Å²) in [4.78, 5) is 22.4. The molecule has 0 aliphatic carbocycles. The normalized spacial score (nSPS) is 23.4. The highest BCUT2D eigenvalue weighted by Gasteiger charge is 2.41. The first-order chi connectivity index (χ1) is 17.4. The molecule has 3 aromatic rings. The Hall–Kier alpha value is -2.71. The van der Waals surface area contributed by atoms with Crippen LogP contribution in [0.25, 0.3) is 5.65 Å². The molecule has 3 atom stereocenters. The summed E-state index contributed by atoms with van der Waals surface area (Å²) in [6.45, 7) is 6.02. The summed E-state index contributed by atoms with van der Waals surface area (Å²) < 4.78 is 22.4. The number of carbonyl (C=O) groups excluding carboxylic acids is 1. The second-order valence-corrected chi connectivity index (χ2v) is 10.7. The first-order valence-corrected chi connectivity index (χ1v) is 13.3. The number of halogens is 2. The highest BCUT2D eigenvalue weighted by molar-refractivity contribution is 6.31. The number of benzene rings is 1. The minimum absolute atomic E-state index is 0.00867. The molecule has 0 radical (unpaired) electrons. The quantitative estimate of drug-likeness (QED) is 0.457. The standard InChI is InChI=1S/C27H31ClFN5O2/c1-3-4-9-33-18-6-7-19(33)12-20(11-18)36-25-10-17(29)5-8-21(25)27(35)32-14-22-24(15-32)31-34-16(2)23(28)13-30-26(22)34/h5,8,10,13,18-20H,3-4,6-7,9,11-12,14-15H2,1-2H3/t18-,19+,20?. The van der Waals surface area contributed by atoms with E-state index in [1.165, 1.54) is 37.8 Å². The van der Waals surface area contributed by atoms with Crippen molar-refractivity contribution in [2.75, 3.05) is 6.54 Å². The van der Waals surface area contributed by atoms with Gasteiger partial charge in [-0.25, -0.2) is 13.9 Å². The zero-order chi connectivity index (χ0) is 25.0. The molecule has 2 fully saturated rings. The Balaban J connectivity index is 1.20. The summed E-state index contributed by atoms with van der Waals surface area (Å²) in [5, 5.41) is 5.19. The van der Waals surface area contributed by atoms with E-state index in [-0.39, 0.29) is 12.0 Å². The van der Waals surface area contributed by atoms with Gasteiger partial charge in [0, 0.05) is 29.9 Å². The fourth-order valence-corrected chi connectivity index (χ4v) is 6.30. The van der Waals surface area contributed by atoms with E-state index >= 15 is 0 Å². The number of unbranched alkanes of at least 4 members (excludes halogenated alkanes) is 1. The van der Waals surface area contributed by atoms with Crippen molar-refractivity contribution in [3.8, 4) is 5.75 Å². The van der Waals surface area contributed by atoms with Gasteiger partial charge in [0.25, 0.3) is 5.91 Å². The molecule has 2 bridgehead atoms. The molecule has 1 amide bonds. The molecule has 9 heteroatoms. The van der Waals surface area contributed by atoms with E-state index in [0.29, 0.717) is 47.2 Å². The van der Waals surface area contributed by atoms with Crippen molar-refractivity contribution in [2.45, 2.75) is 83.6 Å². The second-order valence-electron chi connectivity index (χ2n) is 10.3. The van der Waals surface area contributed by atoms with Crippen LogP contribution in [0.5, 0.6) is 5.75 Å². The Kier molecular flexibility index (Phi) is 6.12. The van der Waals surface area contributed by atoms with Crippen LogP contribution in [0.1, 0.15) is 72.8 Å². The predicted molar refractivity (Wildman–Crippen MR) is 135 cm³/mol. The van der Waals surface area contributed by atoms with Gasteiger partial charge in [-0.05, 0) is 57.7 Å². The van der Waals surface area contributed by atoms with Crippen LogP contribution in [0.3, 0.4) is 0 Å². The van der Waals surface area contributed by atoms with Crippen molar-refractivity contribution in [1.29, 1.82) is 0 Å². The molecule has 190 valence electrons. The Morgan fingerprint density at radius 1 is 1.22 bits per heavy atom. The number of nitrogens with zero attached hydrogens (tertiary/aromatic N) is 5. The molecule has 7 nitrogen and oxygen atoms in total. The molecule has 2 aromatic heterocycles. The Morgan fingerprint density at radius 2 is 2.00 bits per heavy atom. The van der Waals surface area contributed by atoms with Crippen molar-refractivity contribution in [2.24, 2.45) is 0 Å². The van der Waals surface area contributed by atoms with E-state index in [9.17, 15) is 9.18 Å². The number of hydrogen-bond acceptors (Lipinski definition) is 5. The largest absolute Gasteiger partial charge is 0.489 e. The first kappa shape index (κ1) is 23.7. The molecule has 3 aliphatic heterocycles. The molecular weight excluding hydrogens is 481 g/mol. The number of aromatic nitrogens is 3. The maximum absolute atomic E-state index is 14.3. The second kappa shape index (κ2) is 9.30. The third kappa shape index (κ3) is 4.04. The van der Waals surface area contributed by atoms with Crippen molar-refractivity contribution in [1.82, 2.24) is 24.4 Å². The fourth-order valence-electron chi connectivity index (χ4n) is 6.17. The zero-order valence-electron chi connectivity index (χ0n) is 20.7. The lowest BCUT2D eigenvalue weighted by atomic mass is 9.99. The summed E-state index contributed by atoms with van der Waals surface area (Å²) in [6, 6.07) is 5.27. The van der Waals surface area contributed by atoms with Crippen molar-refractivity contribution >= 4 is 23.2 Å². The minimum Gasteiger partial charge on any atom is -0.489 e. The van der Waals surface area contributed by atoms with Crippen LogP contribution in [-0.2, 0) is 13.1 Å². The average Bonchev–Trinajstić information content (AvgIpc) is 3.49. The van der Waals surface area contributed by atoms with E-state index < -0.39 is 5.82 Å². The van der Waals surface area contributed by atoms with Crippen LogP contribution in [0.4, 0.5) is 4.39 Å². The molecule has 1 aromatic carbocycles. The lowest BCUT2D eigenvalue weighted by Gasteiger charge is -2.39. The van der Waals surface area contributed by atoms with Gasteiger partial charge in [0.1, 0.15) is 17.7 Å². The summed E-state index contributed by atoms with van der Waals surface area (Å²) >= 11 is 6.20. The van der Waals surface area contributed by atoms with Crippen LogP contribution < -0.4 is 4.74 Å². The van der Waals surface area contributed by atoms with Gasteiger partial charge in [-0.3, -0.25) is 9.69 Å². The van der Waals surface area contributed by atoms with Gasteiger partial charge >= 0.3 is 0 Å². The minimum atomic E-state index is -0.399. The maximum Gasteiger partial charge on any atom is 0.258 e. The van der Waals surface area contributed by atoms with E-state index in [1.807, 2.05) is 6.92 Å². The monoisotopic (exact) mass is 511 g/mol. The molecule has 36 heavy (non-hydrogen) atoms. The molecule has 0 N–H and O–H groups in total. The Morgan fingerprint density at radius 3 is 2.75 bits per heavy atom. The highest BCUT2D eigenvalue weighted by Crippen LogP contribution is 2.38. The summed E-state index contributed by atoms with van der Waals surface area (Å²) in [6.07, 6.45) is 8.24. The number of hydrogen-bond donors (Lipinski definition) is 0. The molecule has 3 aliphatic rings. The van der Waals surface area contributed by atoms with Gasteiger partial charge in [0.15, 0.2) is 5.65 Å². The zero-order valence-corrected chi connectivity index (χ0v) is 21.5. The van der Waals surface area contributed by atoms with Gasteiger partial charge in [0.05, 0.1) is 35.1 Å². The third-order valence-electron chi connectivity index (χ3n) is 8.06. The molecule has 0 spiro atoms. The highest BCUT2D eigenvalue weighted by atomic mass is 35.5. The van der Waals surface area contributed by atoms with Crippen LogP contribution in [-0.4, -0.2) is 55.0 Å².